The van der Waals surface area contributed by atoms with Crippen molar-refractivity contribution in [2.24, 2.45) is 5.73 Å². The molecule has 0 fully saturated rings. The van der Waals surface area contributed by atoms with Crippen LogP contribution < -0.4 is 165 Å². The summed E-state index contributed by atoms with van der Waals surface area (Å²) in [5.74, 6) is -0.444. The third-order valence-electron chi connectivity index (χ3n) is 10.5. The number of amides is 4. The van der Waals surface area contributed by atoms with Gasteiger partial charge in [-0.2, -0.15) is 4.39 Å². The number of ether oxygens (including phenoxy) is 3. The first-order valence-electron chi connectivity index (χ1n) is 28.0. The smallest absolute Gasteiger partial charge is 1.00 e. The zero-order valence-corrected chi connectivity index (χ0v) is 77.4. The summed E-state index contributed by atoms with van der Waals surface area (Å²) in [6, 6.07) is 39.6. The minimum atomic E-state index is -1.04. The summed E-state index contributed by atoms with van der Waals surface area (Å²) in [6.07, 6.45) is 0. The number of rotatable bonds is 13. The quantitative estimate of drug-likeness (QED) is 0.0244. The Morgan fingerprint density at radius 2 is 0.726 bits per heavy atom. The number of anilines is 2. The number of aromatic nitrogens is 5. The number of nitro groups is 2. The Labute approximate surface area is 758 Å². The van der Waals surface area contributed by atoms with E-state index in [4.69, 9.17) is 53.7 Å². The number of hydrogen-bond donors (Lipinski definition) is 9. The first kappa shape index (κ1) is 107. The Morgan fingerprint density at radius 1 is 0.481 bits per heavy atom. The molecule has 2 radical (unpaired) electrons. The number of carbonyl (C=O) groups excluding carboxylic acids is 4. The number of hydrogen-bond acceptors (Lipinski definition) is 22. The van der Waals surface area contributed by atoms with Crippen LogP contribution in [0.2, 0.25) is 0 Å². The van der Waals surface area contributed by atoms with Crippen molar-refractivity contribution in [1.29, 1.82) is 0 Å². The van der Waals surface area contributed by atoms with Crippen molar-refractivity contribution in [3.63, 3.8) is 0 Å². The minimum Gasteiger partial charge on any atom is 1.00 e. The van der Waals surface area contributed by atoms with Gasteiger partial charge in [-0.05, 0) is 168 Å². The van der Waals surface area contributed by atoms with Crippen molar-refractivity contribution in [3.05, 3.63) is 240 Å². The first-order chi connectivity index (χ1) is 48.0. The van der Waals surface area contributed by atoms with Gasteiger partial charge in [-0.25, -0.2) is 29.7 Å². The van der Waals surface area contributed by atoms with Crippen LogP contribution in [-0.4, -0.2) is 134 Å². The number of carbonyl (C=O) groups is 5. The van der Waals surface area contributed by atoms with Crippen molar-refractivity contribution < 1.29 is 180 Å². The molecule has 0 aliphatic rings. The van der Waals surface area contributed by atoms with Gasteiger partial charge in [-0.1, -0.05) is 52.6 Å². The number of carboxylic acids is 1. The van der Waals surface area contributed by atoms with Gasteiger partial charge in [0.25, 0.3) is 35.0 Å². The molecule has 0 aliphatic carbocycles. The molecule has 0 atom stereocenters. The Morgan fingerprint density at radius 3 is 1.01 bits per heavy atom. The molecule has 0 spiro atoms. The van der Waals surface area contributed by atoms with Gasteiger partial charge in [-0.3, -0.25) is 44.1 Å². The molecule has 12 N–H and O–H groups in total. The van der Waals surface area contributed by atoms with Gasteiger partial charge in [0.1, 0.15) is 81.4 Å². The maximum absolute atomic E-state index is 13.3. The molecule has 29 nitrogen and oxygen atoms in total. The number of phenols is 1. The molecule has 0 aliphatic heterocycles. The van der Waals surface area contributed by atoms with E-state index in [0.29, 0.717) is 68.7 Å². The number of nitrogen functional groups attached to an aromatic ring is 2. The van der Waals surface area contributed by atoms with Crippen molar-refractivity contribution in [2.75, 3.05) is 46.7 Å². The largest absolute Gasteiger partial charge is 1.00 e. The number of aromatic hydroxyl groups is 1. The summed E-state index contributed by atoms with van der Waals surface area (Å²) < 4.78 is 33.6. The molecule has 0 unspecified atom stereocenters. The Balaban J connectivity index is -0.000000579. The number of nitrogens with two attached hydrogens (primary N) is 3. The van der Waals surface area contributed by atoms with Crippen LogP contribution in [0.5, 0.6) is 40.2 Å². The molecule has 9 aromatic rings. The third-order valence-corrected chi connectivity index (χ3v) is 13.0. The summed E-state index contributed by atoms with van der Waals surface area (Å²) in [5, 5.41) is 57.8. The van der Waals surface area contributed by atoms with Crippen LogP contribution in [0.4, 0.5) is 31.8 Å². The third kappa shape index (κ3) is 46.4. The van der Waals surface area contributed by atoms with Crippen LogP contribution in [0.15, 0.2) is 185 Å². The van der Waals surface area contributed by atoms with E-state index in [-0.39, 0.29) is 176 Å². The number of aromatic carboxylic acids is 1. The number of benzene rings is 4. The van der Waals surface area contributed by atoms with Crippen molar-refractivity contribution >= 4 is 185 Å². The van der Waals surface area contributed by atoms with Crippen LogP contribution in [0.3, 0.4) is 0 Å². The molecular formula is C63H63Br6Cl2F3K2N14O15Sn. The maximum Gasteiger partial charge on any atom is 1.00 e. The van der Waals surface area contributed by atoms with Gasteiger partial charge >= 0.3 is 145 Å². The number of halogens is 11. The molecule has 4 amide bonds. The monoisotopic (exact) mass is 2050 g/mol. The molecule has 4 aromatic carbocycles. The molecule has 0 bridgehead atoms. The van der Waals surface area contributed by atoms with Crippen molar-refractivity contribution in [2.45, 2.75) is 26.4 Å². The van der Waals surface area contributed by atoms with E-state index in [1.54, 1.807) is 120 Å². The van der Waals surface area contributed by atoms with E-state index in [1.165, 1.54) is 87.9 Å². The van der Waals surface area contributed by atoms with Crippen molar-refractivity contribution in [3.8, 4) is 40.2 Å². The second-order valence-corrected chi connectivity index (χ2v) is 28.6. The second-order valence-electron chi connectivity index (χ2n) is 19.3. The Kier molecular flexibility index (Phi) is 58.5. The molecule has 0 saturated carbocycles. The molecule has 0 saturated heterocycles. The van der Waals surface area contributed by atoms with E-state index in [1.807, 2.05) is 0 Å². The Hall–Kier alpha value is -5.18. The molecule has 106 heavy (non-hydrogen) atoms. The number of pyridine rings is 5. The topological polar surface area (TPSA) is 453 Å². The number of nitrogens with one attached hydrogen (secondary N) is 4. The van der Waals surface area contributed by atoms with E-state index in [9.17, 15) is 53.7 Å². The standard InChI is InChI=1S/C13H10BrN3O4.C13H12BrN3O2.C13H12FN3O2.C7H6Br2N2O.C6H3Br2NO2.C6H5NO3.C4H9O.CH5N.2ClH.2FH.2K.Sn/c1-15-13(18)11-6-10(7-12(14)16-11)21-9-4-2-8(3-5-9)17(19)20;2*1-16-13(18)11-6-10(7-12(14)17-11)19-9-4-2-8(15)3-5-9;1-10-7(12)5-2-4(8)3-6(9)11-5;7-3-1-4(6(10)11)9-5(8)2-3;8-6-3-1-5(2-4-6)7(9)10;1-4(2,3)5;1-2;;;;;;;/h2-7H,1H3,(H,15,18);2*2-7H,15H2,1H3,(H,16,18);2-3H,1H3,(H,10,12);1-2H,(H,10,11);1-4,8H;1-3H3;2H2,1H3;4*1H;;;/q;;;;;;-1;;;;;;2*+1;+2/p-3/i;;14-1;;;;;;;;1-1;;;;. The van der Waals surface area contributed by atoms with E-state index in [2.05, 4.69) is 148 Å². The molecule has 43 heteroatoms. The fraction of sp³-hybridized carbons (Fsp3) is 0.143. The Bertz CT molecular complexity index is 4080. The van der Waals surface area contributed by atoms with E-state index < -0.39 is 52.2 Å². The predicted octanol–water partition coefficient (Wildman–Crippen LogP) is 4.89. The van der Waals surface area contributed by atoms with E-state index >= 15 is 0 Å². The number of carboxylic acid groups (broad SMARTS) is 1. The number of nitro benzene ring substituents is 2. The van der Waals surface area contributed by atoms with Crippen LogP contribution in [0.25, 0.3) is 0 Å². The maximum atomic E-state index is 13.3. The summed E-state index contributed by atoms with van der Waals surface area (Å²) in [4.78, 5) is 94.9. The van der Waals surface area contributed by atoms with Crippen LogP contribution in [-0.2, 0) is 0 Å². The predicted molar refractivity (Wildman–Crippen MR) is 407 cm³/mol. The van der Waals surface area contributed by atoms with Gasteiger partial charge in [0.05, 0.1) is 9.85 Å². The normalized spacial score (nSPS) is 9.31. The second kappa shape index (κ2) is 57.8. The molecular weight excluding hydrogens is 2000 g/mol. The average Bonchev–Trinajstić information content (AvgIpc) is 0.859. The van der Waals surface area contributed by atoms with E-state index in [0.717, 1.165) is 10.5 Å². The average molecular weight is 2060 g/mol. The van der Waals surface area contributed by atoms with Gasteiger partial charge in [0.2, 0.25) is 5.95 Å². The van der Waals surface area contributed by atoms with Crippen LogP contribution in [0.1, 0.15) is 73.2 Å². The molecule has 5 heterocycles. The van der Waals surface area contributed by atoms with Gasteiger partial charge in [-0.15, -0.1) is 5.60 Å². The SMILES string of the molecule is CC(C)(C)[O-].CN.CNC(=O)c1cc(Br)cc(Br)n1.CNC(=O)c1cc(Oc2ccc(N)cc2)cc(Br)n1.CNC(=O)c1cc(Oc2ccc(N)cc2)cc([18F])n1.CNC(=O)c1cc(Oc2ccc([N+](=O)[O-])cc2)cc(Br)n1.F.O=C(O)c1cc(Br)cc(Br)n1.O=[N+]([O-])c1ccc(O)cc1.[18F-].[Cl][Sn][Cl].[K+].[K+]. The zero-order valence-electron chi connectivity index (χ0n) is 57.3. The number of nitrogens with zero attached hydrogens (tertiary/aromatic N) is 7. The molecule has 558 valence electrons. The van der Waals surface area contributed by atoms with Gasteiger partial charge in [0.15, 0.2) is 5.69 Å². The van der Waals surface area contributed by atoms with Crippen LogP contribution in [0, 0.1) is 26.2 Å². The summed E-state index contributed by atoms with van der Waals surface area (Å²) in [5.41, 5.74) is 17.0. The van der Waals surface area contributed by atoms with Crippen molar-refractivity contribution in [1.82, 2.24) is 46.2 Å². The first-order valence-corrected chi connectivity index (χ1v) is 40.0. The van der Waals surface area contributed by atoms with Gasteiger partial charge < -0.3 is 72.7 Å². The molecule has 9 rings (SSSR count). The molecule has 5 aromatic heterocycles. The fourth-order valence-corrected chi connectivity index (χ4v) is 9.50. The minimum absolute atomic E-state index is 0. The zero-order chi connectivity index (χ0) is 77.4. The summed E-state index contributed by atoms with van der Waals surface area (Å²) in [7, 11) is 17.4. The number of non-ortho nitro benzene ring substituents is 2. The summed E-state index contributed by atoms with van der Waals surface area (Å²) >= 11 is 18.3. The van der Waals surface area contributed by atoms with Crippen LogP contribution >= 0.6 is 113 Å². The number of phenolic OH excluding ortho intramolecular Hbond substituents is 1. The van der Waals surface area contributed by atoms with Gasteiger partial charge in [0, 0.05) is 109 Å². The summed E-state index contributed by atoms with van der Waals surface area (Å²) in [6.45, 7) is 4.90. The fourth-order valence-electron chi connectivity index (χ4n) is 6.31.